The summed E-state index contributed by atoms with van der Waals surface area (Å²) >= 11 is 0. The second-order valence-electron chi connectivity index (χ2n) is 4.93. The average Bonchev–Trinajstić information content (AvgIpc) is 3.09. The van der Waals surface area contributed by atoms with E-state index in [1.807, 2.05) is 30.3 Å². The highest BCUT2D eigenvalue weighted by Crippen LogP contribution is 2.37. The van der Waals surface area contributed by atoms with Crippen molar-refractivity contribution >= 4 is 18.8 Å². The summed E-state index contributed by atoms with van der Waals surface area (Å²) < 4.78 is 31.2. The standard InChI is InChI=1S/C15H11BF2N2/c17-16(18)19-10-4-8-13(19)15(12-6-2-1-3-7-12)14-9-5-11-20(14)16/h1-11H. The summed E-state index contributed by atoms with van der Waals surface area (Å²) in [6.07, 6.45) is 6.30. The molecule has 0 aliphatic carbocycles. The Morgan fingerprint density at radius 2 is 1.80 bits per heavy atom. The van der Waals surface area contributed by atoms with Gasteiger partial charge in [0.1, 0.15) is 6.21 Å². The summed E-state index contributed by atoms with van der Waals surface area (Å²) in [4.78, 5) is 0. The van der Waals surface area contributed by atoms with Crippen molar-refractivity contribution < 1.29 is 13.1 Å². The van der Waals surface area contributed by atoms with E-state index >= 15 is 0 Å². The van der Waals surface area contributed by atoms with Crippen molar-refractivity contribution in [1.29, 1.82) is 0 Å². The minimum absolute atomic E-state index is 0.562. The van der Waals surface area contributed by atoms with E-state index in [2.05, 4.69) is 0 Å². The SMILES string of the molecule is F[B-]1(F)n2cccc2C(c2ccccc2)=C2C=CC=[N+]21. The number of fused-ring (bicyclic) bond motifs is 2. The van der Waals surface area contributed by atoms with Crippen LogP contribution in [0.3, 0.4) is 0 Å². The molecule has 2 aromatic rings. The molecule has 98 valence electrons. The molecule has 3 heterocycles. The van der Waals surface area contributed by atoms with Crippen LogP contribution in [0.1, 0.15) is 11.3 Å². The summed E-state index contributed by atoms with van der Waals surface area (Å²) in [5.41, 5.74) is 2.91. The lowest BCUT2D eigenvalue weighted by atomic mass is 9.86. The molecule has 20 heavy (non-hydrogen) atoms. The smallest absolute Gasteiger partial charge is 0.396 e. The molecule has 0 amide bonds. The fourth-order valence-electron chi connectivity index (χ4n) is 2.92. The normalized spacial score (nSPS) is 18.8. The van der Waals surface area contributed by atoms with Gasteiger partial charge >= 0.3 is 6.97 Å². The van der Waals surface area contributed by atoms with Gasteiger partial charge in [-0.1, -0.05) is 30.3 Å². The van der Waals surface area contributed by atoms with Gasteiger partial charge in [-0.25, -0.2) is 0 Å². The Bertz CT molecular complexity index is 785. The molecule has 0 bridgehead atoms. The molecule has 0 saturated carbocycles. The highest BCUT2D eigenvalue weighted by Gasteiger charge is 2.51. The molecule has 1 aromatic heterocycles. The fraction of sp³-hybridized carbons (Fsp3) is 0. The Kier molecular flexibility index (Phi) is 2.16. The number of rotatable bonds is 1. The molecular weight excluding hydrogens is 257 g/mol. The van der Waals surface area contributed by atoms with Crippen molar-refractivity contribution in [3.8, 4) is 0 Å². The molecule has 2 aliphatic rings. The van der Waals surface area contributed by atoms with Crippen LogP contribution in [0.25, 0.3) is 5.57 Å². The Labute approximate surface area is 115 Å². The van der Waals surface area contributed by atoms with Gasteiger partial charge in [-0.15, -0.1) is 0 Å². The number of allylic oxidation sites excluding steroid dienone is 2. The van der Waals surface area contributed by atoms with E-state index in [0.717, 1.165) is 20.1 Å². The molecule has 0 saturated heterocycles. The maximum Gasteiger partial charge on any atom is 0.737 e. The van der Waals surface area contributed by atoms with Gasteiger partial charge < -0.3 is 17.6 Å². The summed E-state index contributed by atoms with van der Waals surface area (Å²) in [5, 5.41) is 0. The van der Waals surface area contributed by atoms with Crippen LogP contribution in [-0.4, -0.2) is 22.1 Å². The maximum absolute atomic E-state index is 14.5. The predicted octanol–water partition coefficient (Wildman–Crippen LogP) is 3.14. The third kappa shape index (κ3) is 1.35. The average molecular weight is 268 g/mol. The quantitative estimate of drug-likeness (QED) is 0.702. The van der Waals surface area contributed by atoms with Crippen molar-refractivity contribution in [3.05, 3.63) is 77.8 Å². The van der Waals surface area contributed by atoms with E-state index in [-0.39, 0.29) is 0 Å². The van der Waals surface area contributed by atoms with Crippen molar-refractivity contribution in [3.63, 3.8) is 0 Å². The molecule has 0 spiro atoms. The Morgan fingerprint density at radius 1 is 1.00 bits per heavy atom. The van der Waals surface area contributed by atoms with E-state index in [0.29, 0.717) is 11.4 Å². The lowest BCUT2D eigenvalue weighted by Gasteiger charge is -2.30. The third-order valence-electron chi connectivity index (χ3n) is 3.80. The monoisotopic (exact) mass is 268 g/mol. The number of halogens is 2. The van der Waals surface area contributed by atoms with Gasteiger partial charge in [0.15, 0.2) is 5.70 Å². The molecule has 5 heteroatoms. The number of aromatic nitrogens is 1. The van der Waals surface area contributed by atoms with Gasteiger partial charge in [0.2, 0.25) is 0 Å². The zero-order chi connectivity index (χ0) is 13.7. The van der Waals surface area contributed by atoms with Crippen LogP contribution in [0.15, 0.2) is 66.5 Å². The molecule has 2 aliphatic heterocycles. The summed E-state index contributed by atoms with van der Waals surface area (Å²) in [6.45, 7) is -3.80. The van der Waals surface area contributed by atoms with Crippen molar-refractivity contribution in [2.45, 2.75) is 0 Å². The van der Waals surface area contributed by atoms with E-state index < -0.39 is 6.97 Å². The first-order chi connectivity index (χ1) is 9.69. The Balaban J connectivity index is 2.07. The highest BCUT2D eigenvalue weighted by atomic mass is 19.2. The molecule has 1 aromatic carbocycles. The van der Waals surface area contributed by atoms with Crippen molar-refractivity contribution in [1.82, 2.24) is 4.48 Å². The number of hydrogen-bond donors (Lipinski definition) is 0. The lowest BCUT2D eigenvalue weighted by molar-refractivity contribution is -0.356. The van der Waals surface area contributed by atoms with E-state index in [1.165, 1.54) is 12.4 Å². The zero-order valence-electron chi connectivity index (χ0n) is 10.6. The molecular formula is C15H11BF2N2. The minimum atomic E-state index is -3.80. The van der Waals surface area contributed by atoms with Crippen LogP contribution < -0.4 is 0 Å². The lowest BCUT2D eigenvalue weighted by Crippen LogP contribution is -2.49. The third-order valence-corrected chi connectivity index (χ3v) is 3.80. The van der Waals surface area contributed by atoms with Crippen LogP contribution in [0.4, 0.5) is 8.63 Å². The van der Waals surface area contributed by atoms with Crippen molar-refractivity contribution in [2.75, 3.05) is 0 Å². The first-order valence-corrected chi connectivity index (χ1v) is 6.49. The topological polar surface area (TPSA) is 7.94 Å². The zero-order valence-corrected chi connectivity index (χ0v) is 10.6. The number of nitrogens with zero attached hydrogens (tertiary/aromatic N) is 2. The molecule has 0 fully saturated rings. The van der Waals surface area contributed by atoms with E-state index in [9.17, 15) is 8.63 Å². The van der Waals surface area contributed by atoms with Gasteiger partial charge in [-0.2, -0.15) is 0 Å². The van der Waals surface area contributed by atoms with Gasteiger partial charge in [-0.05, 0) is 23.9 Å². The van der Waals surface area contributed by atoms with Crippen LogP contribution in [0, 0.1) is 0 Å². The molecule has 0 N–H and O–H groups in total. The molecule has 2 nitrogen and oxygen atoms in total. The van der Waals surface area contributed by atoms with Gasteiger partial charge in [-0.3, -0.25) is 0 Å². The second kappa shape index (κ2) is 3.79. The molecule has 0 radical (unpaired) electrons. The molecule has 0 unspecified atom stereocenters. The van der Waals surface area contributed by atoms with E-state index in [1.54, 1.807) is 24.3 Å². The molecule has 4 rings (SSSR count). The van der Waals surface area contributed by atoms with E-state index in [4.69, 9.17) is 0 Å². The molecule has 0 atom stereocenters. The minimum Gasteiger partial charge on any atom is -0.396 e. The van der Waals surface area contributed by atoms with Crippen LogP contribution >= 0.6 is 0 Å². The van der Waals surface area contributed by atoms with Gasteiger partial charge in [0, 0.05) is 17.8 Å². The maximum atomic E-state index is 14.5. The largest absolute Gasteiger partial charge is 0.737 e. The van der Waals surface area contributed by atoms with Crippen LogP contribution in [-0.2, 0) is 0 Å². The highest BCUT2D eigenvalue weighted by molar-refractivity contribution is 6.57. The number of hydrogen-bond acceptors (Lipinski definition) is 0. The van der Waals surface area contributed by atoms with Gasteiger partial charge in [0.05, 0.1) is 5.57 Å². The van der Waals surface area contributed by atoms with Gasteiger partial charge in [0.25, 0.3) is 0 Å². The summed E-state index contributed by atoms with van der Waals surface area (Å²) in [5.74, 6) is 0. The first kappa shape index (κ1) is 11.4. The summed E-state index contributed by atoms with van der Waals surface area (Å²) in [7, 11) is 0. The Morgan fingerprint density at radius 3 is 2.60 bits per heavy atom. The van der Waals surface area contributed by atoms with Crippen molar-refractivity contribution in [2.24, 2.45) is 0 Å². The summed E-state index contributed by atoms with van der Waals surface area (Å²) in [6, 6.07) is 13.1. The van der Waals surface area contributed by atoms with Crippen LogP contribution in [0.5, 0.6) is 0 Å². The Hall–Kier alpha value is -2.43. The second-order valence-corrected chi connectivity index (χ2v) is 4.93. The first-order valence-electron chi connectivity index (χ1n) is 6.49. The number of benzene rings is 1. The van der Waals surface area contributed by atoms with Crippen LogP contribution in [0.2, 0.25) is 0 Å². The fourth-order valence-corrected chi connectivity index (χ4v) is 2.92. The predicted molar refractivity (Wildman–Crippen MR) is 75.7 cm³/mol.